The number of benzene rings is 1. The van der Waals surface area contributed by atoms with Gasteiger partial charge in [0.1, 0.15) is 5.75 Å². The molecule has 0 aliphatic carbocycles. The minimum Gasteiger partial charge on any atom is -0.508 e. The zero-order chi connectivity index (χ0) is 13.1. The van der Waals surface area contributed by atoms with E-state index in [4.69, 9.17) is 5.11 Å². The first-order valence-electron chi connectivity index (χ1n) is 5.68. The molecule has 0 aliphatic heterocycles. The molecule has 1 aromatic carbocycles. The van der Waals surface area contributed by atoms with Crippen molar-refractivity contribution in [1.82, 2.24) is 5.32 Å². The van der Waals surface area contributed by atoms with Crippen molar-refractivity contribution in [2.75, 3.05) is 6.54 Å². The van der Waals surface area contributed by atoms with E-state index in [-0.39, 0.29) is 17.9 Å². The minimum absolute atomic E-state index is 0.0568. The number of phenolic OH excluding ortho intramolecular Hbond substituents is 1. The van der Waals surface area contributed by atoms with Crippen LogP contribution in [-0.4, -0.2) is 27.4 Å². The first-order chi connectivity index (χ1) is 7.81. The molecule has 0 fully saturated rings. The fraction of sp³-hybridized carbons (Fsp3) is 0.538. The molecular weight excluding hydrogens is 218 g/mol. The molecule has 0 heterocycles. The minimum atomic E-state index is -0.702. The van der Waals surface area contributed by atoms with Crippen molar-refractivity contribution in [1.29, 1.82) is 0 Å². The summed E-state index contributed by atoms with van der Waals surface area (Å²) in [5, 5.41) is 31.6. The van der Waals surface area contributed by atoms with Gasteiger partial charge < -0.3 is 20.6 Å². The number of hydrogen-bond donors (Lipinski definition) is 4. The summed E-state index contributed by atoms with van der Waals surface area (Å²) in [5.41, 5.74) is 1.12. The highest BCUT2D eigenvalue weighted by Crippen LogP contribution is 2.21. The Morgan fingerprint density at radius 1 is 1.24 bits per heavy atom. The maximum atomic E-state index is 9.97. The Morgan fingerprint density at radius 2 is 1.88 bits per heavy atom. The van der Waals surface area contributed by atoms with Crippen LogP contribution in [0.5, 0.6) is 5.75 Å². The fourth-order valence-corrected chi connectivity index (χ4v) is 1.50. The van der Waals surface area contributed by atoms with Gasteiger partial charge in [-0.2, -0.15) is 0 Å². The summed E-state index contributed by atoms with van der Waals surface area (Å²) >= 11 is 0. The summed E-state index contributed by atoms with van der Waals surface area (Å²) in [5.74, 6) is 0.0568. The molecule has 0 amide bonds. The molecule has 0 aromatic heterocycles. The van der Waals surface area contributed by atoms with Gasteiger partial charge in [-0.15, -0.1) is 0 Å². The predicted molar refractivity (Wildman–Crippen MR) is 66.7 cm³/mol. The molecule has 0 unspecified atom stereocenters. The van der Waals surface area contributed by atoms with Gasteiger partial charge in [-0.25, -0.2) is 0 Å². The first-order valence-corrected chi connectivity index (χ1v) is 5.68. The predicted octanol–water partition coefficient (Wildman–Crippen LogP) is 1.31. The highest BCUT2D eigenvalue weighted by Gasteiger charge is 2.14. The lowest BCUT2D eigenvalue weighted by molar-refractivity contribution is 0.162. The topological polar surface area (TPSA) is 72.7 Å². The molecule has 96 valence electrons. The van der Waals surface area contributed by atoms with Crippen molar-refractivity contribution >= 4 is 0 Å². The molecule has 0 saturated heterocycles. The van der Waals surface area contributed by atoms with Crippen LogP contribution < -0.4 is 5.32 Å². The lowest BCUT2D eigenvalue weighted by Gasteiger charge is -2.23. The smallest absolute Gasteiger partial charge is 0.116 e. The summed E-state index contributed by atoms with van der Waals surface area (Å²) < 4.78 is 0. The fourth-order valence-electron chi connectivity index (χ4n) is 1.50. The molecule has 0 bridgehead atoms. The Morgan fingerprint density at radius 3 is 2.41 bits per heavy atom. The van der Waals surface area contributed by atoms with Crippen molar-refractivity contribution in [3.05, 3.63) is 29.3 Å². The van der Waals surface area contributed by atoms with Crippen LogP contribution in [0.2, 0.25) is 0 Å². The van der Waals surface area contributed by atoms with Gasteiger partial charge in [0.15, 0.2) is 0 Å². The van der Waals surface area contributed by atoms with Crippen LogP contribution in [0.3, 0.4) is 0 Å². The second-order valence-corrected chi connectivity index (χ2v) is 5.24. The Balaban J connectivity index is 2.74. The van der Waals surface area contributed by atoms with Crippen LogP contribution in [0.25, 0.3) is 0 Å². The van der Waals surface area contributed by atoms with Crippen molar-refractivity contribution in [3.8, 4) is 5.75 Å². The summed E-state index contributed by atoms with van der Waals surface area (Å²) in [6, 6.07) is 4.68. The maximum absolute atomic E-state index is 9.97. The van der Waals surface area contributed by atoms with Crippen molar-refractivity contribution in [3.63, 3.8) is 0 Å². The van der Waals surface area contributed by atoms with Gasteiger partial charge in [0, 0.05) is 12.1 Å². The van der Waals surface area contributed by atoms with Crippen LogP contribution in [0.15, 0.2) is 18.2 Å². The molecule has 0 spiro atoms. The van der Waals surface area contributed by atoms with Gasteiger partial charge in [-0.1, -0.05) is 6.07 Å². The largest absolute Gasteiger partial charge is 0.508 e. The summed E-state index contributed by atoms with van der Waals surface area (Å²) in [4.78, 5) is 0. The number of aliphatic hydroxyl groups excluding tert-OH is 2. The molecule has 1 rings (SSSR count). The zero-order valence-electron chi connectivity index (χ0n) is 10.6. The Kier molecular flexibility index (Phi) is 4.51. The normalized spacial score (nSPS) is 13.7. The van der Waals surface area contributed by atoms with Crippen LogP contribution in [0.4, 0.5) is 0 Å². The molecule has 4 N–H and O–H groups in total. The lowest BCUT2D eigenvalue weighted by Crippen LogP contribution is -2.38. The highest BCUT2D eigenvalue weighted by molar-refractivity contribution is 5.34. The monoisotopic (exact) mass is 239 g/mol. The van der Waals surface area contributed by atoms with Gasteiger partial charge in [0.05, 0.1) is 12.7 Å². The second kappa shape index (κ2) is 5.49. The number of hydrogen-bond acceptors (Lipinski definition) is 4. The Bertz CT molecular complexity index is 371. The lowest BCUT2D eigenvalue weighted by atomic mass is 10.0. The third-order valence-corrected chi connectivity index (χ3v) is 2.39. The number of rotatable bonds is 4. The van der Waals surface area contributed by atoms with Crippen molar-refractivity contribution < 1.29 is 15.3 Å². The summed E-state index contributed by atoms with van der Waals surface area (Å²) in [6.07, 6.45) is -0.702. The maximum Gasteiger partial charge on any atom is 0.116 e. The SMILES string of the molecule is CC(C)(C)NC[C@H](O)c1cc(O)cc(CO)c1. The molecule has 17 heavy (non-hydrogen) atoms. The average Bonchev–Trinajstić information content (AvgIpc) is 2.23. The van der Waals surface area contributed by atoms with E-state index in [1.807, 2.05) is 20.8 Å². The van der Waals surface area contributed by atoms with Gasteiger partial charge in [-0.05, 0) is 44.0 Å². The standard InChI is InChI=1S/C13H21NO3/c1-13(2,3)14-7-12(17)10-4-9(8-15)5-11(16)6-10/h4-6,12,14-17H,7-8H2,1-3H3/t12-/m0/s1. The van der Waals surface area contributed by atoms with Crippen molar-refractivity contribution in [2.45, 2.75) is 39.0 Å². The van der Waals surface area contributed by atoms with Crippen LogP contribution in [0, 0.1) is 0 Å². The molecule has 1 aromatic rings. The van der Waals surface area contributed by atoms with E-state index in [0.29, 0.717) is 17.7 Å². The van der Waals surface area contributed by atoms with Gasteiger partial charge >= 0.3 is 0 Å². The molecule has 4 heteroatoms. The van der Waals surface area contributed by atoms with E-state index in [1.54, 1.807) is 6.07 Å². The number of nitrogens with one attached hydrogen (secondary N) is 1. The quantitative estimate of drug-likeness (QED) is 0.639. The number of aromatic hydroxyl groups is 1. The number of aliphatic hydroxyl groups is 2. The average molecular weight is 239 g/mol. The summed E-state index contributed by atoms with van der Waals surface area (Å²) in [6.45, 7) is 6.29. The summed E-state index contributed by atoms with van der Waals surface area (Å²) in [7, 11) is 0. The van der Waals surface area contributed by atoms with Gasteiger partial charge in [0.25, 0.3) is 0 Å². The third kappa shape index (κ3) is 4.73. The van der Waals surface area contributed by atoms with E-state index < -0.39 is 6.10 Å². The number of β-amino-alcohol motifs (C(OH)–C–C–N with tert-alkyl or cyclic N) is 1. The molecule has 0 radical (unpaired) electrons. The van der Waals surface area contributed by atoms with Crippen LogP contribution >= 0.6 is 0 Å². The van der Waals surface area contributed by atoms with E-state index in [1.165, 1.54) is 12.1 Å². The van der Waals surface area contributed by atoms with E-state index in [2.05, 4.69) is 5.32 Å². The Labute approximate surface area is 102 Å². The van der Waals surface area contributed by atoms with Crippen molar-refractivity contribution in [2.24, 2.45) is 0 Å². The third-order valence-electron chi connectivity index (χ3n) is 2.39. The highest BCUT2D eigenvalue weighted by atomic mass is 16.3. The van der Waals surface area contributed by atoms with E-state index in [9.17, 15) is 10.2 Å². The molecule has 1 atom stereocenters. The first kappa shape index (κ1) is 14.0. The number of phenols is 1. The zero-order valence-corrected chi connectivity index (χ0v) is 10.6. The van der Waals surface area contributed by atoms with Crippen LogP contribution in [-0.2, 0) is 6.61 Å². The molecule has 0 aliphatic rings. The Hall–Kier alpha value is -1.10. The molecular formula is C13H21NO3. The van der Waals surface area contributed by atoms with E-state index >= 15 is 0 Å². The molecule has 4 nitrogen and oxygen atoms in total. The van der Waals surface area contributed by atoms with E-state index in [0.717, 1.165) is 0 Å². The molecule has 0 saturated carbocycles. The van der Waals surface area contributed by atoms with Gasteiger partial charge in [0.2, 0.25) is 0 Å². The van der Waals surface area contributed by atoms with Crippen LogP contribution in [0.1, 0.15) is 38.0 Å². The van der Waals surface area contributed by atoms with Gasteiger partial charge in [-0.3, -0.25) is 0 Å². The second-order valence-electron chi connectivity index (χ2n) is 5.24.